The summed E-state index contributed by atoms with van der Waals surface area (Å²) in [7, 11) is 0. The van der Waals surface area contributed by atoms with Crippen LogP contribution in [0.1, 0.15) is 22.4 Å². The summed E-state index contributed by atoms with van der Waals surface area (Å²) in [5.41, 5.74) is 5.21. The van der Waals surface area contributed by atoms with E-state index in [1.165, 1.54) is 4.90 Å². The molecule has 7 heteroatoms. The highest BCUT2D eigenvalue weighted by molar-refractivity contribution is 7.80. The fourth-order valence-corrected chi connectivity index (χ4v) is 4.03. The molecule has 1 aliphatic heterocycles. The van der Waals surface area contributed by atoms with Crippen molar-refractivity contribution < 1.29 is 9.59 Å². The quantitative estimate of drug-likeness (QED) is 0.352. The Morgan fingerprint density at radius 3 is 2.42 bits per heavy atom. The molecule has 31 heavy (non-hydrogen) atoms. The lowest BCUT2D eigenvalue weighted by atomic mass is 10.1. The molecule has 0 unspecified atom stereocenters. The van der Waals surface area contributed by atoms with Gasteiger partial charge in [-0.3, -0.25) is 19.8 Å². The van der Waals surface area contributed by atoms with Gasteiger partial charge >= 0.3 is 0 Å². The van der Waals surface area contributed by atoms with Crippen molar-refractivity contribution in [1.29, 1.82) is 0 Å². The second-order valence-corrected chi connectivity index (χ2v) is 8.16. The first kappa shape index (κ1) is 21.0. The predicted molar refractivity (Wildman–Crippen MR) is 128 cm³/mol. The van der Waals surface area contributed by atoms with Crippen LogP contribution in [0, 0.1) is 20.8 Å². The summed E-state index contributed by atoms with van der Waals surface area (Å²) in [6, 6.07) is 15.0. The van der Waals surface area contributed by atoms with Crippen molar-refractivity contribution in [3.63, 3.8) is 0 Å². The summed E-state index contributed by atoms with van der Waals surface area (Å²) in [6.45, 7) is 5.89. The number of nitrogens with zero attached hydrogens (tertiary/aromatic N) is 2. The lowest BCUT2D eigenvalue weighted by Gasteiger charge is -2.30. The van der Waals surface area contributed by atoms with E-state index in [0.717, 1.165) is 16.8 Å². The van der Waals surface area contributed by atoms with Crippen LogP contribution in [0.25, 0.3) is 11.8 Å². The minimum Gasteiger partial charge on any atom is -0.317 e. The van der Waals surface area contributed by atoms with E-state index in [1.807, 2.05) is 54.9 Å². The second kappa shape index (κ2) is 8.13. The third kappa shape index (κ3) is 3.69. The summed E-state index contributed by atoms with van der Waals surface area (Å²) in [5.74, 6) is -1.02. The number of carbonyl (C=O) groups is 2. The van der Waals surface area contributed by atoms with Crippen LogP contribution in [-0.4, -0.2) is 21.5 Å². The number of hydrogen-bond donors (Lipinski definition) is 1. The molecule has 4 rings (SSSR count). The van der Waals surface area contributed by atoms with Gasteiger partial charge in [0.15, 0.2) is 5.11 Å². The normalized spacial score (nSPS) is 15.5. The van der Waals surface area contributed by atoms with Crippen molar-refractivity contribution in [2.75, 3.05) is 4.90 Å². The van der Waals surface area contributed by atoms with Gasteiger partial charge in [-0.2, -0.15) is 0 Å². The molecule has 156 valence electrons. The van der Waals surface area contributed by atoms with Gasteiger partial charge in [0.25, 0.3) is 11.8 Å². The Labute approximate surface area is 190 Å². The minimum atomic E-state index is -0.528. The number of rotatable bonds is 3. The zero-order chi connectivity index (χ0) is 22.3. The van der Waals surface area contributed by atoms with E-state index >= 15 is 0 Å². The highest BCUT2D eigenvalue weighted by atomic mass is 35.5. The molecule has 1 fully saturated rings. The maximum Gasteiger partial charge on any atom is 0.270 e. The van der Waals surface area contributed by atoms with Crippen LogP contribution in [0.5, 0.6) is 0 Å². The van der Waals surface area contributed by atoms with Crippen LogP contribution in [0.15, 0.2) is 60.3 Å². The maximum absolute atomic E-state index is 13.4. The molecule has 1 aromatic heterocycles. The molecule has 1 aliphatic rings. The number of benzene rings is 2. The van der Waals surface area contributed by atoms with Crippen LogP contribution in [-0.2, 0) is 9.59 Å². The minimum absolute atomic E-state index is 0.00164. The lowest BCUT2D eigenvalue weighted by molar-refractivity contribution is -0.122. The van der Waals surface area contributed by atoms with Gasteiger partial charge in [-0.25, -0.2) is 0 Å². The first-order valence-corrected chi connectivity index (χ1v) is 10.5. The van der Waals surface area contributed by atoms with Crippen molar-refractivity contribution >= 4 is 52.5 Å². The van der Waals surface area contributed by atoms with Gasteiger partial charge < -0.3 is 4.57 Å². The second-order valence-electron chi connectivity index (χ2n) is 7.36. The Morgan fingerprint density at radius 1 is 0.935 bits per heavy atom. The van der Waals surface area contributed by atoms with Crippen molar-refractivity contribution in [1.82, 2.24) is 9.88 Å². The van der Waals surface area contributed by atoms with Gasteiger partial charge in [0.1, 0.15) is 5.57 Å². The lowest BCUT2D eigenvalue weighted by Crippen LogP contribution is -2.54. The van der Waals surface area contributed by atoms with E-state index in [4.69, 9.17) is 23.8 Å². The molecule has 0 radical (unpaired) electrons. The molecular weight excluding hydrogens is 430 g/mol. The molecule has 0 atom stereocenters. The molecule has 2 heterocycles. The highest BCUT2D eigenvalue weighted by Crippen LogP contribution is 2.30. The number of anilines is 1. The summed E-state index contributed by atoms with van der Waals surface area (Å²) in [4.78, 5) is 27.4. The third-order valence-corrected chi connectivity index (χ3v) is 6.18. The van der Waals surface area contributed by atoms with E-state index in [0.29, 0.717) is 22.0 Å². The Kier molecular flexibility index (Phi) is 5.52. The molecule has 2 aromatic carbocycles. The Morgan fingerprint density at radius 2 is 1.65 bits per heavy atom. The SMILES string of the molecule is Cc1cccc(-n2cccc2/C=C2\C(=O)NC(=S)N(c3cccc(Cl)c3C)C2=O)c1C. The van der Waals surface area contributed by atoms with Gasteiger partial charge in [0.2, 0.25) is 0 Å². The topological polar surface area (TPSA) is 54.3 Å². The number of hydrogen-bond acceptors (Lipinski definition) is 3. The van der Waals surface area contributed by atoms with Gasteiger partial charge in [0, 0.05) is 22.6 Å². The third-order valence-electron chi connectivity index (χ3n) is 5.49. The largest absolute Gasteiger partial charge is 0.317 e. The molecule has 0 spiro atoms. The zero-order valence-electron chi connectivity index (χ0n) is 17.3. The first-order valence-electron chi connectivity index (χ1n) is 9.70. The van der Waals surface area contributed by atoms with Crippen molar-refractivity contribution in [3.8, 4) is 5.69 Å². The molecule has 0 saturated carbocycles. The van der Waals surface area contributed by atoms with Crippen molar-refractivity contribution in [3.05, 3.63) is 87.7 Å². The van der Waals surface area contributed by atoms with E-state index < -0.39 is 11.8 Å². The first-order chi connectivity index (χ1) is 14.8. The molecule has 5 nitrogen and oxygen atoms in total. The fourth-order valence-electron chi connectivity index (χ4n) is 3.59. The average Bonchev–Trinajstić information content (AvgIpc) is 3.18. The Balaban J connectivity index is 1.80. The molecule has 1 saturated heterocycles. The molecular formula is C24H20ClN3O2S. The van der Waals surface area contributed by atoms with E-state index in [-0.39, 0.29) is 10.7 Å². The summed E-state index contributed by atoms with van der Waals surface area (Å²) in [6.07, 6.45) is 3.50. The number of halogens is 1. The number of carbonyl (C=O) groups excluding carboxylic acids is 2. The number of amides is 2. The molecule has 3 aromatic rings. The molecule has 2 amide bonds. The number of aromatic nitrogens is 1. The van der Waals surface area contributed by atoms with Crippen LogP contribution >= 0.6 is 23.8 Å². The molecule has 0 aliphatic carbocycles. The summed E-state index contributed by atoms with van der Waals surface area (Å²) in [5, 5.41) is 3.17. The summed E-state index contributed by atoms with van der Waals surface area (Å²) < 4.78 is 1.96. The van der Waals surface area contributed by atoms with Crippen molar-refractivity contribution in [2.45, 2.75) is 20.8 Å². The number of aryl methyl sites for hydroxylation is 1. The van der Waals surface area contributed by atoms with Crippen LogP contribution in [0.4, 0.5) is 5.69 Å². The monoisotopic (exact) mass is 449 g/mol. The predicted octanol–water partition coefficient (Wildman–Crippen LogP) is 4.89. The van der Waals surface area contributed by atoms with Gasteiger partial charge in [0.05, 0.1) is 5.69 Å². The average molecular weight is 450 g/mol. The number of thiocarbonyl (C=S) groups is 1. The molecule has 1 N–H and O–H groups in total. The standard InChI is InChI=1S/C24H20ClN3O2S/c1-14-7-4-10-20(15(14)2)27-12-6-8-17(27)13-18-22(29)26-24(31)28(23(18)30)21-11-5-9-19(25)16(21)3/h4-13H,1-3H3,(H,26,29,31)/b18-13+. The van der Waals surface area contributed by atoms with E-state index in [1.54, 1.807) is 31.2 Å². The van der Waals surface area contributed by atoms with Gasteiger partial charge in [-0.1, -0.05) is 29.8 Å². The number of nitrogens with one attached hydrogen (secondary N) is 1. The smallest absolute Gasteiger partial charge is 0.270 e. The summed E-state index contributed by atoms with van der Waals surface area (Å²) >= 11 is 11.5. The van der Waals surface area contributed by atoms with Crippen LogP contribution < -0.4 is 10.2 Å². The maximum atomic E-state index is 13.4. The molecule has 0 bridgehead atoms. The fraction of sp³-hybridized carbons (Fsp3) is 0.125. The van der Waals surface area contributed by atoms with E-state index in [9.17, 15) is 9.59 Å². The Hall–Kier alpha value is -3.22. The zero-order valence-corrected chi connectivity index (χ0v) is 18.8. The van der Waals surface area contributed by atoms with Gasteiger partial charge in [-0.15, -0.1) is 0 Å². The van der Waals surface area contributed by atoms with E-state index in [2.05, 4.69) is 5.32 Å². The van der Waals surface area contributed by atoms with Crippen molar-refractivity contribution in [2.24, 2.45) is 0 Å². The van der Waals surface area contributed by atoms with Crippen LogP contribution in [0.3, 0.4) is 0 Å². The highest BCUT2D eigenvalue weighted by Gasteiger charge is 2.35. The van der Waals surface area contributed by atoms with Gasteiger partial charge in [-0.05, 0) is 86.1 Å². The Bertz CT molecular complexity index is 1280. The van der Waals surface area contributed by atoms with Crippen LogP contribution in [0.2, 0.25) is 5.02 Å².